The quantitative estimate of drug-likeness (QED) is 0.230. The molecule has 4 rings (SSSR count). The van der Waals surface area contributed by atoms with Crippen molar-refractivity contribution in [2.24, 2.45) is 5.84 Å². The Labute approximate surface area is 166 Å². The van der Waals surface area contributed by atoms with Crippen LogP contribution in [0.1, 0.15) is 30.9 Å². The first kappa shape index (κ1) is 18.6. The molecule has 6 heteroatoms. The van der Waals surface area contributed by atoms with Gasteiger partial charge in [-0.05, 0) is 60.2 Å². The first-order valence-corrected chi connectivity index (χ1v) is 9.79. The molecule has 2 aromatic carbocycles. The van der Waals surface area contributed by atoms with Crippen LogP contribution in [0.2, 0.25) is 0 Å². The predicted molar refractivity (Wildman–Crippen MR) is 117 cm³/mol. The van der Waals surface area contributed by atoms with Crippen LogP contribution in [-0.4, -0.2) is 13.1 Å². The van der Waals surface area contributed by atoms with Crippen LogP contribution >= 0.6 is 0 Å². The lowest BCUT2D eigenvalue weighted by Gasteiger charge is -2.42. The molecule has 6 nitrogen and oxygen atoms in total. The first-order chi connectivity index (χ1) is 13.7. The van der Waals surface area contributed by atoms with Gasteiger partial charge >= 0.3 is 0 Å². The van der Waals surface area contributed by atoms with Gasteiger partial charge in [-0.2, -0.15) is 5.53 Å². The van der Waals surface area contributed by atoms with Crippen molar-refractivity contribution in [3.63, 3.8) is 0 Å². The number of hydrazine groups is 2. The lowest BCUT2D eigenvalue weighted by Crippen LogP contribution is -2.40. The number of anilines is 3. The summed E-state index contributed by atoms with van der Waals surface area (Å²) < 4.78 is 0. The van der Waals surface area contributed by atoms with Crippen LogP contribution in [0.15, 0.2) is 60.2 Å². The minimum atomic E-state index is 0.156. The highest BCUT2D eigenvalue weighted by atomic mass is 15.5. The number of fused-ring (bicyclic) bond motifs is 3. The van der Waals surface area contributed by atoms with Crippen molar-refractivity contribution < 1.29 is 0 Å². The monoisotopic (exact) mass is 376 g/mol. The van der Waals surface area contributed by atoms with Crippen LogP contribution in [0, 0.1) is 0 Å². The van der Waals surface area contributed by atoms with E-state index in [1.54, 1.807) is 0 Å². The fraction of sp³-hybridized carbons (Fsp3) is 0.273. The second kappa shape index (κ2) is 8.06. The summed E-state index contributed by atoms with van der Waals surface area (Å²) in [7, 11) is 0. The van der Waals surface area contributed by atoms with E-state index in [4.69, 9.17) is 17.3 Å². The molecule has 0 bridgehead atoms. The van der Waals surface area contributed by atoms with Crippen molar-refractivity contribution in [2.75, 3.05) is 29.5 Å². The molecule has 1 atom stereocenters. The summed E-state index contributed by atoms with van der Waals surface area (Å²) in [5.41, 5.74) is 25.7. The predicted octanol–water partition coefficient (Wildman–Crippen LogP) is 3.01. The molecular weight excluding hydrogens is 348 g/mol. The number of nitrogens with one attached hydrogen (secondary N) is 2. The molecule has 2 aliphatic rings. The van der Waals surface area contributed by atoms with E-state index in [1.165, 1.54) is 28.0 Å². The van der Waals surface area contributed by atoms with Crippen LogP contribution in [0.3, 0.4) is 0 Å². The van der Waals surface area contributed by atoms with Crippen molar-refractivity contribution in [3.8, 4) is 11.1 Å². The Morgan fingerprint density at radius 1 is 1.04 bits per heavy atom. The van der Waals surface area contributed by atoms with E-state index in [-0.39, 0.29) is 6.04 Å². The standard InChI is InChI=1S/C22H28N6/c23-16-7-9-18-19-10-8-17(24)14-21(19)28(12-4-11-26-27-25)22(20(18)13-16)15-5-2-1-3-6-15/h1-2,5,7-10,13-14,22,26-27H,3-4,6,11-12,23-25H2. The van der Waals surface area contributed by atoms with Gasteiger partial charge < -0.3 is 16.4 Å². The van der Waals surface area contributed by atoms with E-state index < -0.39 is 0 Å². The summed E-state index contributed by atoms with van der Waals surface area (Å²) in [5, 5.41) is 0. The van der Waals surface area contributed by atoms with E-state index in [0.717, 1.165) is 43.7 Å². The molecule has 2 aromatic rings. The van der Waals surface area contributed by atoms with Crippen molar-refractivity contribution in [1.29, 1.82) is 0 Å². The van der Waals surface area contributed by atoms with Crippen LogP contribution in [0.25, 0.3) is 11.1 Å². The molecule has 1 aliphatic carbocycles. The fourth-order valence-corrected chi connectivity index (χ4v) is 4.28. The van der Waals surface area contributed by atoms with Gasteiger partial charge in [0, 0.05) is 35.7 Å². The van der Waals surface area contributed by atoms with Crippen LogP contribution in [-0.2, 0) is 0 Å². The van der Waals surface area contributed by atoms with E-state index in [0.29, 0.717) is 0 Å². The Kier molecular flexibility index (Phi) is 5.34. The Morgan fingerprint density at radius 2 is 1.82 bits per heavy atom. The molecule has 0 spiro atoms. The summed E-state index contributed by atoms with van der Waals surface area (Å²) in [4.78, 5) is 2.47. The normalized spacial score (nSPS) is 17.8. The zero-order chi connectivity index (χ0) is 19.5. The van der Waals surface area contributed by atoms with Crippen molar-refractivity contribution in [3.05, 3.63) is 65.8 Å². The number of allylic oxidation sites excluding steroid dienone is 3. The fourth-order valence-electron chi connectivity index (χ4n) is 4.28. The third-order valence-corrected chi connectivity index (χ3v) is 5.50. The van der Waals surface area contributed by atoms with Gasteiger partial charge in [-0.1, -0.05) is 30.4 Å². The summed E-state index contributed by atoms with van der Waals surface area (Å²) >= 11 is 0. The number of nitrogen functional groups attached to an aromatic ring is 2. The van der Waals surface area contributed by atoms with Crippen molar-refractivity contribution in [1.82, 2.24) is 11.0 Å². The van der Waals surface area contributed by atoms with Gasteiger partial charge in [0.25, 0.3) is 0 Å². The summed E-state index contributed by atoms with van der Waals surface area (Å²) in [6.45, 7) is 1.66. The molecule has 0 fully saturated rings. The van der Waals surface area contributed by atoms with Gasteiger partial charge in [0.15, 0.2) is 0 Å². The van der Waals surface area contributed by atoms with Gasteiger partial charge in [0.2, 0.25) is 0 Å². The number of hydrogen-bond donors (Lipinski definition) is 5. The van der Waals surface area contributed by atoms with Crippen LogP contribution in [0.5, 0.6) is 0 Å². The second-order valence-electron chi connectivity index (χ2n) is 7.35. The van der Waals surface area contributed by atoms with Gasteiger partial charge in [-0.25, -0.2) is 5.43 Å². The molecule has 28 heavy (non-hydrogen) atoms. The number of nitrogens with zero attached hydrogens (tertiary/aromatic N) is 1. The molecule has 1 aliphatic heterocycles. The lowest BCUT2D eigenvalue weighted by molar-refractivity contribution is 0.527. The molecule has 146 valence electrons. The average Bonchev–Trinajstić information content (AvgIpc) is 2.71. The Hall–Kier alpha value is -2.80. The van der Waals surface area contributed by atoms with Crippen LogP contribution in [0.4, 0.5) is 17.1 Å². The molecule has 8 N–H and O–H groups in total. The van der Waals surface area contributed by atoms with E-state index in [2.05, 4.69) is 58.4 Å². The van der Waals surface area contributed by atoms with Gasteiger partial charge in [0.1, 0.15) is 0 Å². The lowest BCUT2D eigenvalue weighted by atomic mass is 9.82. The molecule has 0 amide bonds. The zero-order valence-electron chi connectivity index (χ0n) is 16.0. The maximum Gasteiger partial charge on any atom is 0.0766 e. The Morgan fingerprint density at radius 3 is 2.57 bits per heavy atom. The minimum Gasteiger partial charge on any atom is -0.399 e. The highest BCUT2D eigenvalue weighted by Crippen LogP contribution is 2.49. The Balaban J connectivity index is 1.83. The molecule has 1 heterocycles. The first-order valence-electron chi connectivity index (χ1n) is 9.79. The van der Waals surface area contributed by atoms with Crippen molar-refractivity contribution >= 4 is 17.1 Å². The van der Waals surface area contributed by atoms with E-state index in [1.807, 2.05) is 12.1 Å². The van der Waals surface area contributed by atoms with Crippen LogP contribution < -0.4 is 33.2 Å². The minimum absolute atomic E-state index is 0.156. The van der Waals surface area contributed by atoms with E-state index in [9.17, 15) is 0 Å². The third kappa shape index (κ3) is 3.49. The SMILES string of the molecule is NNNCCCN1c2cc(N)ccc2-c2ccc(N)cc2C1C1=CC=CCC1. The highest BCUT2D eigenvalue weighted by molar-refractivity contribution is 5.88. The summed E-state index contributed by atoms with van der Waals surface area (Å²) in [6.07, 6.45) is 9.70. The zero-order valence-corrected chi connectivity index (χ0v) is 16.0. The molecule has 0 saturated carbocycles. The largest absolute Gasteiger partial charge is 0.399 e. The number of benzene rings is 2. The highest BCUT2D eigenvalue weighted by Gasteiger charge is 2.33. The van der Waals surface area contributed by atoms with Gasteiger partial charge in [-0.3, -0.25) is 5.84 Å². The second-order valence-corrected chi connectivity index (χ2v) is 7.35. The maximum atomic E-state index is 6.20. The number of hydrogen-bond acceptors (Lipinski definition) is 6. The molecule has 1 unspecified atom stereocenters. The molecular formula is C22H28N6. The third-order valence-electron chi connectivity index (χ3n) is 5.50. The summed E-state index contributed by atoms with van der Waals surface area (Å²) in [5.74, 6) is 5.35. The van der Waals surface area contributed by atoms with E-state index >= 15 is 0 Å². The number of rotatable bonds is 6. The van der Waals surface area contributed by atoms with Gasteiger partial charge in [-0.15, -0.1) is 0 Å². The van der Waals surface area contributed by atoms with Gasteiger partial charge in [0.05, 0.1) is 6.04 Å². The Bertz CT molecular complexity index is 917. The topological polar surface area (TPSA) is 105 Å². The molecule has 0 radical (unpaired) electrons. The number of nitrogens with two attached hydrogens (primary N) is 3. The summed E-state index contributed by atoms with van der Waals surface area (Å²) in [6, 6.07) is 12.6. The average molecular weight is 377 g/mol. The molecule has 0 aromatic heterocycles. The maximum absolute atomic E-state index is 6.20. The van der Waals surface area contributed by atoms with Crippen molar-refractivity contribution in [2.45, 2.75) is 25.3 Å². The molecule has 0 saturated heterocycles. The smallest absolute Gasteiger partial charge is 0.0766 e.